The quantitative estimate of drug-likeness (QED) is 0.851. The number of nitrogens with zero attached hydrogens (tertiary/aromatic N) is 1. The van der Waals surface area contributed by atoms with Crippen molar-refractivity contribution in [2.24, 2.45) is 11.8 Å². The lowest BCUT2D eigenvalue weighted by atomic mass is 9.82. The van der Waals surface area contributed by atoms with Crippen LogP contribution in [-0.2, 0) is 0 Å². The van der Waals surface area contributed by atoms with Crippen LogP contribution in [0.25, 0.3) is 10.6 Å². The maximum Gasteiger partial charge on any atom is 0.123 e. The summed E-state index contributed by atoms with van der Waals surface area (Å²) < 4.78 is 0. The third-order valence-electron chi connectivity index (χ3n) is 4.18. The van der Waals surface area contributed by atoms with Gasteiger partial charge in [-0.25, -0.2) is 4.98 Å². The van der Waals surface area contributed by atoms with Crippen LogP contribution in [0, 0.1) is 11.8 Å². The topological polar surface area (TPSA) is 24.9 Å². The van der Waals surface area contributed by atoms with Gasteiger partial charge in [-0.1, -0.05) is 31.9 Å². The van der Waals surface area contributed by atoms with Crippen molar-refractivity contribution in [2.45, 2.75) is 32.6 Å². The Balaban J connectivity index is 1.61. The van der Waals surface area contributed by atoms with Crippen molar-refractivity contribution in [3.8, 4) is 10.6 Å². The minimum atomic E-state index is 0.835. The molecule has 1 saturated carbocycles. The van der Waals surface area contributed by atoms with Gasteiger partial charge in [0.1, 0.15) is 5.01 Å². The first-order chi connectivity index (χ1) is 9.81. The zero-order chi connectivity index (χ0) is 13.8. The molecule has 0 spiro atoms. The Kier molecular flexibility index (Phi) is 4.36. The van der Waals surface area contributed by atoms with Crippen LogP contribution >= 0.6 is 11.3 Å². The van der Waals surface area contributed by atoms with E-state index in [1.807, 2.05) is 11.6 Å². The molecule has 3 rings (SSSR count). The number of nitrogens with one attached hydrogen (secondary N) is 1. The van der Waals surface area contributed by atoms with Crippen molar-refractivity contribution in [1.82, 2.24) is 4.98 Å². The number of aromatic nitrogens is 1. The van der Waals surface area contributed by atoms with E-state index in [2.05, 4.69) is 41.5 Å². The number of hydrogen-bond donors (Lipinski definition) is 1. The molecule has 0 aliphatic heterocycles. The summed E-state index contributed by atoms with van der Waals surface area (Å²) in [7, 11) is 0. The highest BCUT2D eigenvalue weighted by atomic mass is 32.1. The van der Waals surface area contributed by atoms with Gasteiger partial charge in [0.25, 0.3) is 0 Å². The van der Waals surface area contributed by atoms with Crippen LogP contribution in [-0.4, -0.2) is 11.5 Å². The normalized spacial score (nSPS) is 22.6. The molecule has 2 aromatic rings. The van der Waals surface area contributed by atoms with E-state index < -0.39 is 0 Å². The predicted molar refractivity (Wildman–Crippen MR) is 87.2 cm³/mol. The van der Waals surface area contributed by atoms with Crippen molar-refractivity contribution in [3.63, 3.8) is 0 Å². The third kappa shape index (κ3) is 3.40. The van der Waals surface area contributed by atoms with E-state index in [9.17, 15) is 0 Å². The SMILES string of the molecule is CC1CCCC(CNc2cccc(-c3nccs3)c2)C1. The van der Waals surface area contributed by atoms with Gasteiger partial charge in [-0.2, -0.15) is 0 Å². The van der Waals surface area contributed by atoms with Gasteiger partial charge in [-0.15, -0.1) is 11.3 Å². The zero-order valence-electron chi connectivity index (χ0n) is 12.0. The number of benzene rings is 1. The van der Waals surface area contributed by atoms with Crippen LogP contribution in [0.15, 0.2) is 35.8 Å². The van der Waals surface area contributed by atoms with Gasteiger partial charge in [0.2, 0.25) is 0 Å². The highest BCUT2D eigenvalue weighted by Crippen LogP contribution is 2.29. The van der Waals surface area contributed by atoms with Crippen LogP contribution in [0.3, 0.4) is 0 Å². The fourth-order valence-corrected chi connectivity index (χ4v) is 3.77. The molecule has 1 fully saturated rings. The second-order valence-electron chi connectivity index (χ2n) is 5.94. The maximum atomic E-state index is 4.38. The molecule has 1 heterocycles. The van der Waals surface area contributed by atoms with E-state index in [1.165, 1.54) is 36.9 Å². The summed E-state index contributed by atoms with van der Waals surface area (Å²) in [6, 6.07) is 8.61. The molecule has 20 heavy (non-hydrogen) atoms. The monoisotopic (exact) mass is 286 g/mol. The van der Waals surface area contributed by atoms with E-state index >= 15 is 0 Å². The van der Waals surface area contributed by atoms with Crippen molar-refractivity contribution >= 4 is 17.0 Å². The molecule has 1 aliphatic carbocycles. The average Bonchev–Trinajstić information content (AvgIpc) is 3.00. The Morgan fingerprint density at radius 1 is 1.35 bits per heavy atom. The summed E-state index contributed by atoms with van der Waals surface area (Å²) in [5.41, 5.74) is 2.43. The maximum absolute atomic E-state index is 4.38. The van der Waals surface area contributed by atoms with E-state index in [-0.39, 0.29) is 0 Å². The average molecular weight is 286 g/mol. The molecule has 1 aromatic carbocycles. The lowest BCUT2D eigenvalue weighted by molar-refractivity contribution is 0.293. The van der Waals surface area contributed by atoms with Gasteiger partial charge in [0.15, 0.2) is 0 Å². The first-order valence-corrected chi connectivity index (χ1v) is 8.43. The fraction of sp³-hybridized carbons (Fsp3) is 0.471. The number of anilines is 1. The van der Waals surface area contributed by atoms with Gasteiger partial charge < -0.3 is 5.32 Å². The van der Waals surface area contributed by atoms with Gasteiger partial charge in [0.05, 0.1) is 0 Å². The van der Waals surface area contributed by atoms with Crippen molar-refractivity contribution in [1.29, 1.82) is 0 Å². The molecule has 0 saturated heterocycles. The summed E-state index contributed by atoms with van der Waals surface area (Å²) in [4.78, 5) is 4.38. The van der Waals surface area contributed by atoms with Crippen LogP contribution in [0.1, 0.15) is 32.6 Å². The molecule has 2 unspecified atom stereocenters. The Bertz CT molecular complexity index is 536. The second-order valence-corrected chi connectivity index (χ2v) is 6.83. The van der Waals surface area contributed by atoms with Crippen LogP contribution in [0.2, 0.25) is 0 Å². The molecule has 1 aromatic heterocycles. The lowest BCUT2D eigenvalue weighted by Crippen LogP contribution is -2.20. The minimum Gasteiger partial charge on any atom is -0.385 e. The molecule has 106 valence electrons. The lowest BCUT2D eigenvalue weighted by Gasteiger charge is -2.27. The first-order valence-electron chi connectivity index (χ1n) is 7.55. The van der Waals surface area contributed by atoms with Crippen LogP contribution < -0.4 is 5.32 Å². The molecular formula is C17H22N2S. The second kappa shape index (κ2) is 6.40. The van der Waals surface area contributed by atoms with Gasteiger partial charge >= 0.3 is 0 Å². The first kappa shape index (κ1) is 13.6. The van der Waals surface area contributed by atoms with Gasteiger partial charge in [-0.05, 0) is 36.8 Å². The Labute approximate surface area is 125 Å². The number of thiazole rings is 1. The molecule has 0 amide bonds. The summed E-state index contributed by atoms with van der Waals surface area (Å²) in [6.07, 6.45) is 7.43. The third-order valence-corrected chi connectivity index (χ3v) is 5.00. The highest BCUT2D eigenvalue weighted by molar-refractivity contribution is 7.13. The van der Waals surface area contributed by atoms with E-state index in [4.69, 9.17) is 0 Å². The van der Waals surface area contributed by atoms with Crippen molar-refractivity contribution < 1.29 is 0 Å². The smallest absolute Gasteiger partial charge is 0.123 e. The molecule has 0 bridgehead atoms. The Hall–Kier alpha value is -1.35. The molecule has 2 nitrogen and oxygen atoms in total. The largest absolute Gasteiger partial charge is 0.385 e. The fourth-order valence-electron chi connectivity index (χ4n) is 3.14. The number of hydrogen-bond acceptors (Lipinski definition) is 3. The standard InChI is InChI=1S/C17H22N2S/c1-13-4-2-5-14(10-13)12-19-16-7-3-6-15(11-16)17-18-8-9-20-17/h3,6-9,11,13-14,19H,2,4-5,10,12H2,1H3. The van der Waals surface area contributed by atoms with E-state index in [1.54, 1.807) is 11.3 Å². The van der Waals surface area contributed by atoms with E-state index in [0.717, 1.165) is 23.4 Å². The summed E-state index contributed by atoms with van der Waals surface area (Å²) in [5.74, 6) is 1.74. The van der Waals surface area contributed by atoms with Crippen molar-refractivity contribution in [2.75, 3.05) is 11.9 Å². The molecule has 1 aliphatic rings. The number of rotatable bonds is 4. The molecule has 0 radical (unpaired) electrons. The molecule has 3 heteroatoms. The van der Waals surface area contributed by atoms with Crippen molar-refractivity contribution in [3.05, 3.63) is 35.8 Å². The Morgan fingerprint density at radius 3 is 3.10 bits per heavy atom. The molecular weight excluding hydrogens is 264 g/mol. The summed E-state index contributed by atoms with van der Waals surface area (Å²) in [6.45, 7) is 3.49. The van der Waals surface area contributed by atoms with Crippen LogP contribution in [0.5, 0.6) is 0 Å². The summed E-state index contributed by atoms with van der Waals surface area (Å²) in [5, 5.41) is 6.74. The zero-order valence-corrected chi connectivity index (χ0v) is 12.8. The Morgan fingerprint density at radius 2 is 2.30 bits per heavy atom. The minimum absolute atomic E-state index is 0.835. The van der Waals surface area contributed by atoms with E-state index in [0.29, 0.717) is 0 Å². The highest BCUT2D eigenvalue weighted by Gasteiger charge is 2.18. The van der Waals surface area contributed by atoms with Gasteiger partial charge in [-0.3, -0.25) is 0 Å². The predicted octanol–water partition coefficient (Wildman–Crippen LogP) is 5.05. The molecule has 1 N–H and O–H groups in total. The van der Waals surface area contributed by atoms with Crippen LogP contribution in [0.4, 0.5) is 5.69 Å². The summed E-state index contributed by atoms with van der Waals surface area (Å²) >= 11 is 1.69. The molecule has 2 atom stereocenters. The van der Waals surface area contributed by atoms with Gasteiger partial charge in [0, 0.05) is 29.4 Å².